The van der Waals surface area contributed by atoms with Crippen LogP contribution in [0, 0.1) is 18.3 Å². The van der Waals surface area contributed by atoms with E-state index in [0.717, 1.165) is 36.2 Å². The van der Waals surface area contributed by atoms with Gasteiger partial charge < -0.3 is 24.2 Å². The lowest BCUT2D eigenvalue weighted by Gasteiger charge is -2.42. The maximum Gasteiger partial charge on any atom is 0.318 e. The van der Waals surface area contributed by atoms with Crippen molar-refractivity contribution in [2.24, 2.45) is 0 Å². The first-order chi connectivity index (χ1) is 20.8. The summed E-state index contributed by atoms with van der Waals surface area (Å²) < 4.78 is 26.5. The molecule has 10 heteroatoms. The lowest BCUT2D eigenvalue weighted by Crippen LogP contribution is -2.55. The van der Waals surface area contributed by atoms with Gasteiger partial charge in [0.25, 0.3) is 5.91 Å². The van der Waals surface area contributed by atoms with Crippen LogP contribution in [0.3, 0.4) is 0 Å². The topological polar surface area (TPSA) is 94.8 Å². The van der Waals surface area contributed by atoms with Gasteiger partial charge in [0.05, 0.1) is 36.9 Å². The number of aryl methyl sites for hydroxylation is 1. The van der Waals surface area contributed by atoms with Gasteiger partial charge in [0.1, 0.15) is 12.4 Å². The van der Waals surface area contributed by atoms with E-state index >= 15 is 0 Å². The molecule has 2 aromatic carbocycles. The Kier molecular flexibility index (Phi) is 8.28. The first kappa shape index (κ1) is 29.0. The number of carbonyl (C=O) groups excluding carboxylic acids is 1. The number of piperazine rings is 1. The number of hydrogen-bond donors (Lipinski definition) is 0. The number of ether oxygens (including phenoxy) is 2. The highest BCUT2D eigenvalue weighted by Crippen LogP contribution is 2.38. The summed E-state index contributed by atoms with van der Waals surface area (Å²) in [6.07, 6.45) is 2.64. The highest BCUT2D eigenvalue weighted by molar-refractivity contribution is 5.91. The van der Waals surface area contributed by atoms with Crippen molar-refractivity contribution >= 4 is 22.5 Å². The zero-order valence-electron chi connectivity index (χ0n) is 24.8. The van der Waals surface area contributed by atoms with Gasteiger partial charge in [0, 0.05) is 37.7 Å². The molecule has 0 saturated carbocycles. The number of aromatic nitrogens is 2. The lowest BCUT2D eigenvalue weighted by atomic mass is 9.92. The zero-order chi connectivity index (χ0) is 30.1. The number of nitriles is 1. The van der Waals surface area contributed by atoms with Gasteiger partial charge in [0.2, 0.25) is 0 Å². The third-order valence-electron chi connectivity index (χ3n) is 9.03. The summed E-state index contributed by atoms with van der Waals surface area (Å²) >= 11 is 0. The predicted molar refractivity (Wildman–Crippen MR) is 161 cm³/mol. The van der Waals surface area contributed by atoms with Crippen LogP contribution in [0.4, 0.5) is 10.2 Å². The summed E-state index contributed by atoms with van der Waals surface area (Å²) in [5.74, 6) is -1.11. The maximum atomic E-state index is 13.8. The van der Waals surface area contributed by atoms with Crippen molar-refractivity contribution in [1.82, 2.24) is 19.8 Å². The van der Waals surface area contributed by atoms with Crippen molar-refractivity contribution in [2.75, 3.05) is 44.7 Å². The number of halogens is 1. The fourth-order valence-electron chi connectivity index (χ4n) is 6.70. The summed E-state index contributed by atoms with van der Waals surface area (Å²) in [5, 5.41) is 11.9. The Hall–Kier alpha value is -4.07. The molecule has 0 bridgehead atoms. The number of amides is 1. The second-order valence-electron chi connectivity index (χ2n) is 11.7. The van der Waals surface area contributed by atoms with Crippen molar-refractivity contribution in [1.29, 1.82) is 5.26 Å². The van der Waals surface area contributed by atoms with Crippen LogP contribution in [0.15, 0.2) is 48.8 Å². The van der Waals surface area contributed by atoms with Crippen LogP contribution in [-0.4, -0.2) is 77.6 Å². The Balaban J connectivity index is 1.34. The number of likely N-dealkylation sites (tertiary alicyclic amines) is 1. The molecule has 9 nitrogen and oxygen atoms in total. The molecule has 3 aliphatic heterocycles. The molecule has 2 saturated heterocycles. The molecular formula is C33H37FN6O3. The molecule has 2 fully saturated rings. The summed E-state index contributed by atoms with van der Waals surface area (Å²) in [4.78, 5) is 28.0. The maximum absolute atomic E-state index is 13.8. The van der Waals surface area contributed by atoms with E-state index in [1.807, 2.05) is 4.90 Å². The first-order valence-electron chi connectivity index (χ1n) is 14.9. The Morgan fingerprint density at radius 2 is 2.00 bits per heavy atom. The number of hydrogen-bond acceptors (Lipinski definition) is 8. The lowest BCUT2D eigenvalue weighted by molar-refractivity contribution is -0.131. The minimum atomic E-state index is -1.02. The van der Waals surface area contributed by atoms with Crippen molar-refractivity contribution < 1.29 is 18.7 Å². The number of likely N-dealkylation sites (N-methyl/N-ethyl adjacent to an activating group) is 1. The molecule has 4 heterocycles. The van der Waals surface area contributed by atoms with Crippen LogP contribution in [0.25, 0.3) is 10.8 Å². The Labute approximate surface area is 251 Å². The smallest absolute Gasteiger partial charge is 0.318 e. The van der Waals surface area contributed by atoms with E-state index < -0.39 is 17.8 Å². The molecule has 1 unspecified atom stereocenters. The molecule has 224 valence electrons. The van der Waals surface area contributed by atoms with Gasteiger partial charge in [-0.15, -0.1) is 0 Å². The summed E-state index contributed by atoms with van der Waals surface area (Å²) in [7, 11) is 2.11. The Morgan fingerprint density at radius 3 is 2.74 bits per heavy atom. The summed E-state index contributed by atoms with van der Waals surface area (Å²) in [6.45, 7) is 8.13. The van der Waals surface area contributed by atoms with Gasteiger partial charge in [-0.05, 0) is 55.3 Å². The van der Waals surface area contributed by atoms with Crippen molar-refractivity contribution in [3.8, 4) is 12.1 Å². The van der Waals surface area contributed by atoms with Crippen LogP contribution in [0.2, 0.25) is 0 Å². The molecular weight excluding hydrogens is 547 g/mol. The van der Waals surface area contributed by atoms with Crippen molar-refractivity contribution in [3.05, 3.63) is 71.2 Å². The Morgan fingerprint density at radius 1 is 1.19 bits per heavy atom. The van der Waals surface area contributed by atoms with E-state index in [1.54, 1.807) is 0 Å². The largest absolute Gasteiger partial charge is 0.462 e. The van der Waals surface area contributed by atoms with Crippen LogP contribution >= 0.6 is 0 Å². The second-order valence-corrected chi connectivity index (χ2v) is 11.7. The number of nitrogens with zero attached hydrogens (tertiary/aromatic N) is 6. The van der Waals surface area contributed by atoms with Crippen LogP contribution in [-0.2, 0) is 22.6 Å². The van der Waals surface area contributed by atoms with Crippen LogP contribution in [0.5, 0.6) is 6.01 Å². The Bertz CT molecular complexity index is 1580. The van der Waals surface area contributed by atoms with Crippen molar-refractivity contribution in [3.63, 3.8) is 0 Å². The zero-order valence-corrected chi connectivity index (χ0v) is 24.8. The minimum absolute atomic E-state index is 0.0686. The van der Waals surface area contributed by atoms with E-state index in [9.17, 15) is 14.4 Å². The molecule has 6 rings (SSSR count). The van der Waals surface area contributed by atoms with E-state index in [-0.39, 0.29) is 19.1 Å². The fourth-order valence-corrected chi connectivity index (χ4v) is 6.70. The summed E-state index contributed by atoms with van der Waals surface area (Å²) in [6, 6.07) is 14.9. The predicted octanol–water partition coefficient (Wildman–Crippen LogP) is 4.64. The number of anilines is 1. The first-order valence-corrected chi connectivity index (χ1v) is 14.9. The normalized spacial score (nSPS) is 22.3. The minimum Gasteiger partial charge on any atom is -0.462 e. The number of rotatable bonds is 7. The molecule has 0 N–H and O–H groups in total. The van der Waals surface area contributed by atoms with E-state index in [4.69, 9.17) is 19.4 Å². The SMILES string of the molecule is C=C(F)C(=O)N1CCN(c2nc(OC[C@@H]3CCCN3C)nc3c2COC(c2cccc4cccc(C)c24)C3)C[C@@H]1CC#N. The van der Waals surface area contributed by atoms with E-state index in [1.165, 1.54) is 21.2 Å². The van der Waals surface area contributed by atoms with Crippen LogP contribution < -0.4 is 9.64 Å². The molecule has 0 spiro atoms. The number of benzene rings is 2. The highest BCUT2D eigenvalue weighted by atomic mass is 19.1. The van der Waals surface area contributed by atoms with Gasteiger partial charge in [-0.3, -0.25) is 4.79 Å². The van der Waals surface area contributed by atoms with Gasteiger partial charge in [-0.25, -0.2) is 4.39 Å². The number of carbonyl (C=O) groups is 1. The average molecular weight is 585 g/mol. The van der Waals surface area contributed by atoms with Crippen molar-refractivity contribution in [2.45, 2.75) is 57.4 Å². The van der Waals surface area contributed by atoms with Gasteiger partial charge >= 0.3 is 6.01 Å². The van der Waals surface area contributed by atoms with Gasteiger partial charge in [0.15, 0.2) is 5.83 Å². The van der Waals surface area contributed by atoms with Crippen LogP contribution in [0.1, 0.15) is 47.8 Å². The molecule has 1 aromatic heterocycles. The molecule has 0 aliphatic carbocycles. The quantitative estimate of drug-likeness (QED) is 0.371. The second kappa shape index (κ2) is 12.3. The standard InChI is InChI=1S/C33H37FN6O3/c1-21-7-4-8-23-9-5-11-26(30(21)23)29-17-28-27(20-42-29)31(37-33(36-28)43-19-25-10-6-14-38(25)3)39-15-16-40(32(41)22(2)34)24(18-39)12-13-35/h4-5,7-9,11,24-25,29H,2,6,10,12,14-20H2,1,3H3/t24-,25-,29?/m0/s1. The van der Waals surface area contributed by atoms with E-state index in [2.05, 4.69) is 67.9 Å². The molecule has 3 atom stereocenters. The monoisotopic (exact) mass is 584 g/mol. The molecule has 3 aromatic rings. The third-order valence-corrected chi connectivity index (χ3v) is 9.03. The summed E-state index contributed by atoms with van der Waals surface area (Å²) in [5.41, 5.74) is 4.07. The molecule has 0 radical (unpaired) electrons. The highest BCUT2D eigenvalue weighted by Gasteiger charge is 2.35. The van der Waals surface area contributed by atoms with Gasteiger partial charge in [-0.1, -0.05) is 43.0 Å². The van der Waals surface area contributed by atoms with Gasteiger partial charge in [-0.2, -0.15) is 15.2 Å². The molecule has 43 heavy (non-hydrogen) atoms. The van der Waals surface area contributed by atoms with E-state index in [0.29, 0.717) is 50.6 Å². The molecule has 1 amide bonds. The average Bonchev–Trinajstić information content (AvgIpc) is 3.43. The fraction of sp³-hybridized carbons (Fsp3) is 0.455. The number of fused-ring (bicyclic) bond motifs is 2. The third kappa shape index (κ3) is 5.79. The molecule has 3 aliphatic rings.